The molecule has 1 aliphatic carbocycles. The fourth-order valence-corrected chi connectivity index (χ4v) is 2.69. The molecule has 1 aliphatic rings. The van der Waals surface area contributed by atoms with E-state index in [1.54, 1.807) is 19.1 Å². The number of halogens is 3. The van der Waals surface area contributed by atoms with E-state index in [1.807, 2.05) is 0 Å². The summed E-state index contributed by atoms with van der Waals surface area (Å²) in [6.07, 6.45) is 3.24. The molecule has 7 heteroatoms. The average molecular weight is 335 g/mol. The highest BCUT2D eigenvalue weighted by atomic mass is 35.5. The van der Waals surface area contributed by atoms with Crippen molar-refractivity contribution in [2.24, 2.45) is 11.7 Å². The molecule has 1 saturated carbocycles. The van der Waals surface area contributed by atoms with Gasteiger partial charge in [-0.15, -0.1) is 12.4 Å². The number of hydrogen-bond donors (Lipinski definition) is 2. The Labute approximate surface area is 134 Å². The Bertz CT molecular complexity index is 514. The number of anilines is 1. The molecule has 0 heterocycles. The van der Waals surface area contributed by atoms with Crippen LogP contribution in [0.15, 0.2) is 18.2 Å². The van der Waals surface area contributed by atoms with Crippen molar-refractivity contribution in [3.05, 3.63) is 23.8 Å². The van der Waals surface area contributed by atoms with Gasteiger partial charge in [0.05, 0.1) is 5.69 Å². The first-order chi connectivity index (χ1) is 9.97. The van der Waals surface area contributed by atoms with Crippen molar-refractivity contribution in [3.63, 3.8) is 0 Å². The minimum atomic E-state index is -2.93. The quantitative estimate of drug-likeness (QED) is 0.886. The first kappa shape index (κ1) is 18.6. The summed E-state index contributed by atoms with van der Waals surface area (Å²) in [6, 6.07) is 4.80. The fourth-order valence-electron chi connectivity index (χ4n) is 2.69. The van der Waals surface area contributed by atoms with Crippen molar-refractivity contribution < 1.29 is 18.3 Å². The smallest absolute Gasteiger partial charge is 0.387 e. The van der Waals surface area contributed by atoms with Crippen molar-refractivity contribution >= 4 is 24.0 Å². The van der Waals surface area contributed by atoms with Crippen LogP contribution < -0.4 is 15.8 Å². The summed E-state index contributed by atoms with van der Waals surface area (Å²) in [5.41, 5.74) is 6.87. The van der Waals surface area contributed by atoms with E-state index >= 15 is 0 Å². The van der Waals surface area contributed by atoms with Gasteiger partial charge in [-0.05, 0) is 37.8 Å². The predicted molar refractivity (Wildman–Crippen MR) is 83.6 cm³/mol. The number of carbonyl (C=O) groups is 1. The maximum Gasteiger partial charge on any atom is 0.387 e. The van der Waals surface area contributed by atoms with E-state index in [4.69, 9.17) is 5.73 Å². The summed E-state index contributed by atoms with van der Waals surface area (Å²) in [4.78, 5) is 12.3. The van der Waals surface area contributed by atoms with E-state index in [1.165, 1.54) is 6.07 Å². The molecule has 0 spiro atoms. The maximum absolute atomic E-state index is 12.4. The van der Waals surface area contributed by atoms with E-state index in [0.717, 1.165) is 19.3 Å². The lowest BCUT2D eigenvalue weighted by atomic mass is 9.85. The Kier molecular flexibility index (Phi) is 7.03. The SMILES string of the molecule is Cc1cccc(OC(F)F)c1NC(=O)C1CCCC(N)C1.Cl. The number of alkyl halides is 2. The molecule has 0 saturated heterocycles. The van der Waals surface area contributed by atoms with Gasteiger partial charge in [-0.2, -0.15) is 8.78 Å². The molecule has 2 atom stereocenters. The normalized spacial score (nSPS) is 21.1. The van der Waals surface area contributed by atoms with E-state index < -0.39 is 6.61 Å². The van der Waals surface area contributed by atoms with E-state index in [-0.39, 0.29) is 36.0 Å². The zero-order valence-corrected chi connectivity index (χ0v) is 13.2. The molecule has 1 aromatic rings. The highest BCUT2D eigenvalue weighted by Crippen LogP contribution is 2.31. The Morgan fingerprint density at radius 3 is 2.77 bits per heavy atom. The van der Waals surface area contributed by atoms with Gasteiger partial charge in [-0.25, -0.2) is 0 Å². The summed E-state index contributed by atoms with van der Waals surface area (Å²) in [5, 5.41) is 2.72. The molecule has 2 unspecified atom stereocenters. The number of benzene rings is 1. The lowest BCUT2D eigenvalue weighted by molar-refractivity contribution is -0.121. The van der Waals surface area contributed by atoms with Crippen molar-refractivity contribution in [1.29, 1.82) is 0 Å². The number of rotatable bonds is 4. The molecule has 0 aliphatic heterocycles. The molecule has 3 N–H and O–H groups in total. The Morgan fingerprint density at radius 2 is 2.14 bits per heavy atom. The van der Waals surface area contributed by atoms with Gasteiger partial charge in [-0.1, -0.05) is 18.6 Å². The average Bonchev–Trinajstić information content (AvgIpc) is 2.42. The van der Waals surface area contributed by atoms with Crippen molar-refractivity contribution in [3.8, 4) is 5.75 Å². The molecule has 4 nitrogen and oxygen atoms in total. The number of hydrogen-bond acceptors (Lipinski definition) is 3. The second kappa shape index (κ2) is 8.29. The highest BCUT2D eigenvalue weighted by molar-refractivity contribution is 5.94. The lowest BCUT2D eigenvalue weighted by Gasteiger charge is -2.26. The number of aryl methyl sites for hydroxylation is 1. The van der Waals surface area contributed by atoms with Crippen LogP contribution in [0.5, 0.6) is 5.75 Å². The van der Waals surface area contributed by atoms with Gasteiger partial charge in [0.15, 0.2) is 0 Å². The standard InChI is InChI=1S/C15H20F2N2O2.ClH/c1-9-4-2-7-12(21-15(16)17)13(9)19-14(20)10-5-3-6-11(18)8-10;/h2,4,7,10-11,15H,3,5-6,8,18H2,1H3,(H,19,20);1H. The van der Waals surface area contributed by atoms with Crippen LogP contribution in [0.1, 0.15) is 31.2 Å². The van der Waals surface area contributed by atoms with Gasteiger partial charge < -0.3 is 15.8 Å². The molecule has 0 radical (unpaired) electrons. The van der Waals surface area contributed by atoms with E-state index in [9.17, 15) is 13.6 Å². The molecule has 1 aromatic carbocycles. The zero-order chi connectivity index (χ0) is 15.4. The van der Waals surface area contributed by atoms with Gasteiger partial charge in [0.1, 0.15) is 5.75 Å². The minimum absolute atomic E-state index is 0. The number of carbonyl (C=O) groups excluding carboxylic acids is 1. The first-order valence-corrected chi connectivity index (χ1v) is 7.08. The second-order valence-corrected chi connectivity index (χ2v) is 5.44. The van der Waals surface area contributed by atoms with Crippen LogP contribution in [0.25, 0.3) is 0 Å². The summed E-state index contributed by atoms with van der Waals surface area (Å²) < 4.78 is 29.3. The van der Waals surface area contributed by atoms with Crippen LogP contribution in [0, 0.1) is 12.8 Å². The molecule has 1 fully saturated rings. The Balaban J connectivity index is 0.00000242. The van der Waals surface area contributed by atoms with Crippen LogP contribution >= 0.6 is 12.4 Å². The van der Waals surface area contributed by atoms with Crippen molar-refractivity contribution in [1.82, 2.24) is 0 Å². The van der Waals surface area contributed by atoms with Gasteiger partial charge in [0, 0.05) is 12.0 Å². The molecule has 2 rings (SSSR count). The Morgan fingerprint density at radius 1 is 1.41 bits per heavy atom. The molecular weight excluding hydrogens is 314 g/mol. The summed E-state index contributed by atoms with van der Waals surface area (Å²) >= 11 is 0. The van der Waals surface area contributed by atoms with Crippen LogP contribution in [-0.4, -0.2) is 18.6 Å². The van der Waals surface area contributed by atoms with Crippen LogP contribution in [0.3, 0.4) is 0 Å². The largest absolute Gasteiger partial charge is 0.433 e. The number of nitrogens with one attached hydrogen (secondary N) is 1. The van der Waals surface area contributed by atoms with Crippen LogP contribution in [-0.2, 0) is 4.79 Å². The van der Waals surface area contributed by atoms with Crippen LogP contribution in [0.4, 0.5) is 14.5 Å². The molecule has 22 heavy (non-hydrogen) atoms. The van der Waals surface area contributed by atoms with Crippen LogP contribution in [0.2, 0.25) is 0 Å². The van der Waals surface area contributed by atoms with E-state index in [2.05, 4.69) is 10.1 Å². The van der Waals surface area contributed by atoms with Crippen molar-refractivity contribution in [2.45, 2.75) is 45.3 Å². The summed E-state index contributed by atoms with van der Waals surface area (Å²) in [6.45, 7) is -1.19. The minimum Gasteiger partial charge on any atom is -0.433 e. The first-order valence-electron chi connectivity index (χ1n) is 7.08. The maximum atomic E-state index is 12.4. The van der Waals surface area contributed by atoms with Gasteiger partial charge in [0.2, 0.25) is 5.91 Å². The summed E-state index contributed by atoms with van der Waals surface area (Å²) in [5.74, 6) is -0.371. The van der Waals surface area contributed by atoms with Crippen molar-refractivity contribution in [2.75, 3.05) is 5.32 Å². The third-order valence-electron chi connectivity index (χ3n) is 3.78. The predicted octanol–water partition coefficient (Wildman–Crippen LogP) is 3.47. The topological polar surface area (TPSA) is 64.3 Å². The highest BCUT2D eigenvalue weighted by Gasteiger charge is 2.26. The Hall–Kier alpha value is -1.40. The van der Waals surface area contributed by atoms with Gasteiger partial charge >= 0.3 is 6.61 Å². The number of nitrogens with two attached hydrogens (primary N) is 1. The van der Waals surface area contributed by atoms with Gasteiger partial charge in [-0.3, -0.25) is 4.79 Å². The molecule has 0 bridgehead atoms. The van der Waals surface area contributed by atoms with E-state index in [0.29, 0.717) is 17.7 Å². The monoisotopic (exact) mass is 334 g/mol. The number of amides is 1. The van der Waals surface area contributed by atoms with Gasteiger partial charge in [0.25, 0.3) is 0 Å². The third-order valence-corrected chi connectivity index (χ3v) is 3.78. The summed E-state index contributed by atoms with van der Waals surface area (Å²) in [7, 11) is 0. The fraction of sp³-hybridized carbons (Fsp3) is 0.533. The third kappa shape index (κ3) is 4.81. The molecular formula is C15H21ClF2N2O2. The second-order valence-electron chi connectivity index (χ2n) is 5.44. The molecule has 1 amide bonds. The lowest BCUT2D eigenvalue weighted by Crippen LogP contribution is -2.34. The number of ether oxygens (including phenoxy) is 1. The zero-order valence-electron chi connectivity index (χ0n) is 12.4. The molecule has 124 valence electrons. The number of para-hydroxylation sites is 1. The molecule has 0 aromatic heterocycles.